The van der Waals surface area contributed by atoms with Crippen molar-refractivity contribution in [3.63, 3.8) is 0 Å². The van der Waals surface area contributed by atoms with Gasteiger partial charge in [0.25, 0.3) is 14.2 Å². The molecule has 0 aliphatic carbocycles. The van der Waals surface area contributed by atoms with Gasteiger partial charge in [0, 0.05) is 11.9 Å². The molecular weight excluding hydrogens is 693 g/mol. The van der Waals surface area contributed by atoms with E-state index in [4.69, 9.17) is 28.6 Å². The third-order valence-electron chi connectivity index (χ3n) is 8.92. The van der Waals surface area contributed by atoms with Gasteiger partial charge < -0.3 is 28.0 Å². The summed E-state index contributed by atoms with van der Waals surface area (Å²) in [4.78, 5) is 13.7. The molecule has 9 nitrogen and oxygen atoms in total. The Kier molecular flexibility index (Phi) is 11.3. The number of hydrogen-bond donors (Lipinski definition) is 1. The Morgan fingerprint density at radius 2 is 1.57 bits per heavy atom. The van der Waals surface area contributed by atoms with Crippen LogP contribution in [0, 0.1) is 0 Å². The molecule has 0 spiro atoms. The molecule has 2 N–H and O–H groups in total. The number of carbonyl (C=O) groups is 1. The van der Waals surface area contributed by atoms with Gasteiger partial charge in [-0.1, -0.05) is 81.4 Å². The molecule has 1 aromatic heterocycles. The minimum absolute atomic E-state index is 0.0841. The van der Waals surface area contributed by atoms with Gasteiger partial charge in [-0.15, -0.1) is 0 Å². The maximum atomic E-state index is 16.1. The molecule has 0 radical (unpaired) electrons. The fourth-order valence-corrected chi connectivity index (χ4v) is 11.1. The number of anilines is 1. The van der Waals surface area contributed by atoms with Gasteiger partial charge in [0.05, 0.1) is 44.7 Å². The maximum absolute atomic E-state index is 16.1. The zero-order valence-electron chi connectivity index (χ0n) is 28.7. The molecule has 5 rings (SSSR count). The molecule has 1 aliphatic rings. The van der Waals surface area contributed by atoms with Crippen molar-refractivity contribution >= 4 is 41.3 Å². The first kappa shape index (κ1) is 38.1. The number of furan rings is 1. The number of methoxy groups -OCH3 is 1. The maximum Gasteiger partial charge on any atom is 0.416 e. The lowest BCUT2D eigenvalue weighted by molar-refractivity contribution is -0.222. The highest BCUT2D eigenvalue weighted by atomic mass is 28.4. The summed E-state index contributed by atoms with van der Waals surface area (Å²) in [6, 6.07) is 22.4. The fourth-order valence-electron chi connectivity index (χ4n) is 6.47. The number of nitrogens with zero attached hydrogens (tertiary/aromatic N) is 2. The summed E-state index contributed by atoms with van der Waals surface area (Å²) in [5, 5.41) is 5.06. The van der Waals surface area contributed by atoms with Crippen molar-refractivity contribution in [3.8, 4) is 0 Å². The van der Waals surface area contributed by atoms with E-state index in [-0.39, 0.29) is 48.0 Å². The second-order valence-electron chi connectivity index (χ2n) is 13.3. The zero-order chi connectivity index (χ0) is 37.0. The Balaban J connectivity index is 1.37. The molecule has 0 bridgehead atoms. The molecule has 4 aromatic rings. The molecule has 1 saturated heterocycles. The number of rotatable bonds is 13. The highest BCUT2D eigenvalue weighted by Gasteiger charge is 2.51. The fraction of sp³-hybridized carbons (Fsp3) is 0.417. The molecule has 1 aliphatic heterocycles. The molecule has 274 valence electrons. The number of benzene rings is 3. The smallest absolute Gasteiger partial charge is 0.416 e. The number of fused-ring (bicyclic) bond motifs is 1. The van der Waals surface area contributed by atoms with Crippen molar-refractivity contribution in [3.05, 3.63) is 90.2 Å². The largest absolute Gasteiger partial charge is 0.463 e. The van der Waals surface area contributed by atoms with Gasteiger partial charge in [-0.05, 0) is 38.7 Å². The van der Waals surface area contributed by atoms with Crippen LogP contribution in [0.25, 0.3) is 11.0 Å². The van der Waals surface area contributed by atoms with Gasteiger partial charge in [-0.3, -0.25) is 0 Å². The van der Waals surface area contributed by atoms with Crippen LogP contribution in [0.15, 0.2) is 88.4 Å². The van der Waals surface area contributed by atoms with Gasteiger partial charge in [-0.25, -0.2) is 13.6 Å². The van der Waals surface area contributed by atoms with Gasteiger partial charge in [0.2, 0.25) is 5.76 Å². The topological polar surface area (TPSA) is 108 Å². The predicted octanol–water partition coefficient (Wildman–Crippen LogP) is 5.25. The van der Waals surface area contributed by atoms with Crippen LogP contribution in [-0.4, -0.2) is 79.0 Å². The molecule has 0 amide bonds. The van der Waals surface area contributed by atoms with Crippen molar-refractivity contribution < 1.29 is 55.3 Å². The molecule has 0 saturated carbocycles. The third-order valence-corrected chi connectivity index (χ3v) is 13.9. The van der Waals surface area contributed by atoms with Gasteiger partial charge in [0.1, 0.15) is 24.3 Å². The quantitative estimate of drug-likeness (QED) is 0.0866. The van der Waals surface area contributed by atoms with Crippen LogP contribution in [0.2, 0.25) is 5.04 Å². The van der Waals surface area contributed by atoms with Gasteiger partial charge in [-0.2, -0.15) is 18.7 Å². The summed E-state index contributed by atoms with van der Waals surface area (Å²) >= 11 is 0. The number of nitrogens with two attached hydrogens (primary N) is 1. The van der Waals surface area contributed by atoms with Crippen LogP contribution < -0.4 is 20.8 Å². The highest BCUT2D eigenvalue weighted by molar-refractivity contribution is 6.99. The Hall–Kier alpha value is -4.18. The average Bonchev–Trinajstić information content (AvgIpc) is 3.49. The second-order valence-corrected chi connectivity index (χ2v) is 17.6. The van der Waals surface area contributed by atoms with E-state index in [1.54, 1.807) is 0 Å². The number of alkyl halides is 5. The molecule has 2 heterocycles. The van der Waals surface area contributed by atoms with Crippen molar-refractivity contribution in [2.24, 2.45) is 5.11 Å². The van der Waals surface area contributed by atoms with Gasteiger partial charge in [0.15, 0.2) is 0 Å². The third kappa shape index (κ3) is 8.01. The minimum Gasteiger partial charge on any atom is -0.463 e. The van der Waals surface area contributed by atoms with Crippen LogP contribution in [0.1, 0.15) is 36.9 Å². The molecule has 2 unspecified atom stereocenters. The number of ether oxygens (including phenoxy) is 3. The SMILES string of the molecule is COC(=O)c1oc2ccc(C(F)(F)F)cc2c1N(CCN=[NH2+])CC(F)(F)C1COC(CO[Si](c2ccccc2)(c2ccccc2)C(C)(C)C)CO1. The number of hydrogen-bond acceptors (Lipinski definition) is 8. The molecule has 1 fully saturated rings. The summed E-state index contributed by atoms with van der Waals surface area (Å²) < 4.78 is 102. The van der Waals surface area contributed by atoms with Crippen molar-refractivity contribution in [1.29, 1.82) is 0 Å². The minimum atomic E-state index is -4.75. The lowest BCUT2D eigenvalue weighted by atomic mass is 10.1. The lowest BCUT2D eigenvalue weighted by Gasteiger charge is -2.44. The van der Waals surface area contributed by atoms with E-state index in [0.717, 1.165) is 40.6 Å². The predicted molar refractivity (Wildman–Crippen MR) is 182 cm³/mol. The van der Waals surface area contributed by atoms with E-state index in [9.17, 15) is 18.0 Å². The van der Waals surface area contributed by atoms with Crippen LogP contribution in [0.4, 0.5) is 27.6 Å². The monoisotopic (exact) mass is 734 g/mol. The zero-order valence-corrected chi connectivity index (χ0v) is 29.7. The summed E-state index contributed by atoms with van der Waals surface area (Å²) in [6.45, 7) is 4.19. The molecule has 2 atom stereocenters. The standard InChI is InChI=1S/C36H40F5N3O6Si/c1-34(2,3)51(26-11-7-5-8-12-26,27-13-9-6-10-14-27)49-21-25-20-48-30(22-47-25)35(37,38)23-44(18-17-43-42)31-28-19-24(36(39,40)41)15-16-29(28)50-32(31)33(45)46-4/h5-16,19,25,30,42H,17-18,20-23H2,1-4H3/p+1. The Labute approximate surface area is 293 Å². The molecular formula is C36H41F5N3O6Si+. The van der Waals surface area contributed by atoms with Crippen LogP contribution >= 0.6 is 0 Å². The average molecular weight is 735 g/mol. The Morgan fingerprint density at radius 3 is 2.08 bits per heavy atom. The Morgan fingerprint density at radius 1 is 0.941 bits per heavy atom. The van der Waals surface area contributed by atoms with Crippen LogP contribution in [0.3, 0.4) is 0 Å². The molecule has 15 heteroatoms. The number of esters is 1. The summed E-state index contributed by atoms with van der Waals surface area (Å²) in [5.74, 6) is -5.23. The highest BCUT2D eigenvalue weighted by Crippen LogP contribution is 2.41. The number of carbonyl (C=O) groups excluding carboxylic acids is 1. The summed E-state index contributed by atoms with van der Waals surface area (Å²) in [7, 11) is -1.90. The lowest BCUT2D eigenvalue weighted by Crippen LogP contribution is -2.67. The molecule has 51 heavy (non-hydrogen) atoms. The van der Waals surface area contributed by atoms with Crippen LogP contribution in [0.5, 0.6) is 0 Å². The van der Waals surface area contributed by atoms with E-state index in [1.165, 1.54) is 0 Å². The first-order chi connectivity index (χ1) is 24.1. The van der Waals surface area contributed by atoms with Crippen molar-refractivity contribution in [1.82, 2.24) is 0 Å². The van der Waals surface area contributed by atoms with E-state index in [0.29, 0.717) is 0 Å². The summed E-state index contributed by atoms with van der Waals surface area (Å²) in [5.41, 5.74) is 3.83. The van der Waals surface area contributed by atoms with Crippen LogP contribution in [-0.2, 0) is 24.8 Å². The van der Waals surface area contributed by atoms with E-state index in [1.807, 2.05) is 60.7 Å². The number of halogens is 5. The first-order valence-electron chi connectivity index (χ1n) is 16.3. The van der Waals surface area contributed by atoms with Crippen molar-refractivity contribution in [2.75, 3.05) is 51.5 Å². The molecule has 3 aromatic carbocycles. The Bertz CT molecular complexity index is 1750. The van der Waals surface area contributed by atoms with Gasteiger partial charge >= 0.3 is 12.1 Å². The van der Waals surface area contributed by atoms with Crippen molar-refractivity contribution in [2.45, 2.75) is 50.1 Å². The summed E-state index contributed by atoms with van der Waals surface area (Å²) in [6.07, 6.45) is -7.14. The van der Waals surface area contributed by atoms with E-state index < -0.39 is 63.1 Å². The first-order valence-corrected chi connectivity index (χ1v) is 18.2. The van der Waals surface area contributed by atoms with E-state index >= 15 is 8.78 Å². The second kappa shape index (κ2) is 15.2. The normalized spacial score (nSPS) is 17.4. The van der Waals surface area contributed by atoms with E-state index in [2.05, 4.69) is 25.9 Å².